The number of nitrogens with one attached hydrogen (secondary N) is 1. The Morgan fingerprint density at radius 1 is 1.05 bits per heavy atom. The number of benzene rings is 2. The van der Waals surface area contributed by atoms with E-state index in [-0.39, 0.29) is 11.9 Å². The third-order valence-corrected chi connectivity index (χ3v) is 3.92. The maximum Gasteiger partial charge on any atom is 0.129 e. The fraction of sp³-hybridized carbons (Fsp3) is 0.143. The van der Waals surface area contributed by atoms with Crippen LogP contribution in [0.2, 0.25) is 15.1 Å². The van der Waals surface area contributed by atoms with Gasteiger partial charge < -0.3 is 5.32 Å². The molecule has 100 valence electrons. The Kier molecular flexibility index (Phi) is 4.69. The minimum atomic E-state index is -0.386. The van der Waals surface area contributed by atoms with E-state index in [1.807, 2.05) is 6.07 Å². The summed E-state index contributed by atoms with van der Waals surface area (Å²) in [5.41, 5.74) is 1.19. The Morgan fingerprint density at radius 3 is 2.42 bits per heavy atom. The average Bonchev–Trinajstić information content (AvgIpc) is 2.37. The molecule has 0 fully saturated rings. The van der Waals surface area contributed by atoms with Crippen molar-refractivity contribution < 1.29 is 4.39 Å². The molecule has 19 heavy (non-hydrogen) atoms. The van der Waals surface area contributed by atoms with E-state index < -0.39 is 0 Å². The summed E-state index contributed by atoms with van der Waals surface area (Å²) in [6, 6.07) is 9.45. The molecule has 2 aromatic rings. The van der Waals surface area contributed by atoms with E-state index in [4.69, 9.17) is 34.8 Å². The summed E-state index contributed by atoms with van der Waals surface area (Å²) in [6.45, 7) is 0. The Morgan fingerprint density at radius 2 is 1.79 bits per heavy atom. The monoisotopic (exact) mass is 317 g/mol. The van der Waals surface area contributed by atoms with Gasteiger partial charge in [0.15, 0.2) is 0 Å². The van der Waals surface area contributed by atoms with E-state index in [9.17, 15) is 4.39 Å². The normalized spacial score (nSPS) is 12.5. The van der Waals surface area contributed by atoms with Crippen LogP contribution in [0.5, 0.6) is 0 Å². The topological polar surface area (TPSA) is 12.0 Å². The zero-order valence-corrected chi connectivity index (χ0v) is 12.3. The first-order valence-corrected chi connectivity index (χ1v) is 6.74. The molecule has 0 saturated heterocycles. The van der Waals surface area contributed by atoms with E-state index >= 15 is 0 Å². The summed E-state index contributed by atoms with van der Waals surface area (Å²) in [5.74, 6) is -0.386. The third-order valence-electron chi connectivity index (χ3n) is 2.85. The molecule has 1 nitrogen and oxygen atoms in total. The molecule has 1 N–H and O–H groups in total. The first kappa shape index (κ1) is 14.6. The van der Waals surface area contributed by atoms with Gasteiger partial charge in [-0.1, -0.05) is 53.0 Å². The van der Waals surface area contributed by atoms with Gasteiger partial charge in [-0.3, -0.25) is 0 Å². The van der Waals surface area contributed by atoms with Gasteiger partial charge in [0.05, 0.1) is 16.1 Å². The van der Waals surface area contributed by atoms with Crippen molar-refractivity contribution in [3.05, 3.63) is 68.4 Å². The molecule has 0 spiro atoms. The molecule has 1 atom stereocenters. The lowest BCUT2D eigenvalue weighted by Crippen LogP contribution is -2.19. The van der Waals surface area contributed by atoms with E-state index in [1.165, 1.54) is 6.07 Å². The second-order valence-corrected chi connectivity index (χ2v) is 5.25. The molecule has 2 aromatic carbocycles. The Labute approximate surface area is 126 Å². The van der Waals surface area contributed by atoms with Gasteiger partial charge in [0.2, 0.25) is 0 Å². The van der Waals surface area contributed by atoms with Crippen LogP contribution in [-0.2, 0) is 0 Å². The predicted molar refractivity (Wildman–Crippen MR) is 78.8 cm³/mol. The van der Waals surface area contributed by atoms with Crippen LogP contribution in [0.1, 0.15) is 17.2 Å². The van der Waals surface area contributed by atoms with Crippen LogP contribution in [0.4, 0.5) is 4.39 Å². The molecule has 0 saturated carbocycles. The maximum atomic E-state index is 14.0. The van der Waals surface area contributed by atoms with Crippen molar-refractivity contribution in [2.24, 2.45) is 0 Å². The molecule has 0 aliphatic rings. The van der Waals surface area contributed by atoms with Crippen molar-refractivity contribution >= 4 is 34.8 Å². The summed E-state index contributed by atoms with van der Waals surface area (Å²) in [6.07, 6.45) is 0. The van der Waals surface area contributed by atoms with Crippen LogP contribution in [0, 0.1) is 5.82 Å². The van der Waals surface area contributed by atoms with Crippen molar-refractivity contribution in [1.82, 2.24) is 5.32 Å². The number of hydrogen-bond acceptors (Lipinski definition) is 1. The molecule has 1 unspecified atom stereocenters. The zero-order valence-electron chi connectivity index (χ0n) is 10.1. The van der Waals surface area contributed by atoms with Gasteiger partial charge in [-0.25, -0.2) is 4.39 Å². The van der Waals surface area contributed by atoms with E-state index in [0.29, 0.717) is 20.6 Å². The van der Waals surface area contributed by atoms with Crippen molar-refractivity contribution in [3.8, 4) is 0 Å². The Hall–Kier alpha value is -0.800. The van der Waals surface area contributed by atoms with E-state index in [2.05, 4.69) is 5.32 Å². The maximum absolute atomic E-state index is 14.0. The van der Waals surface area contributed by atoms with Crippen molar-refractivity contribution in [2.45, 2.75) is 6.04 Å². The van der Waals surface area contributed by atoms with Crippen LogP contribution < -0.4 is 5.32 Å². The number of halogens is 4. The largest absolute Gasteiger partial charge is 0.309 e. The third kappa shape index (κ3) is 3.03. The highest BCUT2D eigenvalue weighted by molar-refractivity contribution is 6.42. The summed E-state index contributed by atoms with van der Waals surface area (Å²) in [4.78, 5) is 0. The van der Waals surface area contributed by atoms with Gasteiger partial charge in [-0.2, -0.15) is 0 Å². The predicted octanol–water partition coefficient (Wildman–Crippen LogP) is 5.09. The van der Waals surface area contributed by atoms with Crippen LogP contribution in [0.15, 0.2) is 36.4 Å². The van der Waals surface area contributed by atoms with Gasteiger partial charge in [0, 0.05) is 10.6 Å². The molecule has 0 bridgehead atoms. The lowest BCUT2D eigenvalue weighted by Gasteiger charge is -2.19. The first-order valence-electron chi connectivity index (χ1n) is 5.60. The van der Waals surface area contributed by atoms with E-state index in [1.54, 1.807) is 31.3 Å². The number of hydrogen-bond donors (Lipinski definition) is 1. The molecule has 0 aromatic heterocycles. The standard InChI is InChI=1S/C14H11Cl3FN/c1-19-14(9-6-5-8(15)7-12(9)18)10-3-2-4-11(16)13(10)17/h2-7,14,19H,1H3. The minimum absolute atomic E-state index is 0.355. The van der Waals surface area contributed by atoms with Gasteiger partial charge in [-0.05, 0) is 30.8 Å². The average molecular weight is 319 g/mol. The second kappa shape index (κ2) is 6.10. The van der Waals surface area contributed by atoms with Crippen molar-refractivity contribution in [2.75, 3.05) is 7.05 Å². The Bertz CT molecular complexity index is 601. The summed E-state index contributed by atoms with van der Waals surface area (Å²) < 4.78 is 14.0. The van der Waals surface area contributed by atoms with Crippen LogP contribution in [0.25, 0.3) is 0 Å². The second-order valence-electron chi connectivity index (χ2n) is 4.03. The highest BCUT2D eigenvalue weighted by Gasteiger charge is 2.19. The molecule has 0 aliphatic carbocycles. The minimum Gasteiger partial charge on any atom is -0.309 e. The SMILES string of the molecule is CNC(c1ccc(Cl)cc1F)c1cccc(Cl)c1Cl. The van der Waals surface area contributed by atoms with Crippen LogP contribution >= 0.6 is 34.8 Å². The number of rotatable bonds is 3. The van der Waals surface area contributed by atoms with Crippen molar-refractivity contribution in [3.63, 3.8) is 0 Å². The summed E-state index contributed by atoms with van der Waals surface area (Å²) in [5, 5.41) is 4.25. The van der Waals surface area contributed by atoms with Gasteiger partial charge >= 0.3 is 0 Å². The Balaban J connectivity index is 2.53. The molecule has 0 radical (unpaired) electrons. The highest BCUT2D eigenvalue weighted by atomic mass is 35.5. The molecule has 5 heteroatoms. The fourth-order valence-electron chi connectivity index (χ4n) is 1.96. The molecule has 2 rings (SSSR count). The van der Waals surface area contributed by atoms with Gasteiger partial charge in [0.1, 0.15) is 5.82 Å². The summed E-state index contributed by atoms with van der Waals surface area (Å²) in [7, 11) is 1.73. The van der Waals surface area contributed by atoms with Gasteiger partial charge in [0.25, 0.3) is 0 Å². The lowest BCUT2D eigenvalue weighted by molar-refractivity contribution is 0.576. The zero-order chi connectivity index (χ0) is 14.0. The van der Waals surface area contributed by atoms with Crippen molar-refractivity contribution in [1.29, 1.82) is 0 Å². The molecule has 0 aliphatic heterocycles. The fourth-order valence-corrected chi connectivity index (χ4v) is 2.53. The molecule has 0 heterocycles. The van der Waals surface area contributed by atoms with E-state index in [0.717, 1.165) is 5.56 Å². The quantitative estimate of drug-likeness (QED) is 0.830. The smallest absolute Gasteiger partial charge is 0.129 e. The lowest BCUT2D eigenvalue weighted by atomic mass is 9.98. The first-order chi connectivity index (χ1) is 9.04. The molecular weight excluding hydrogens is 308 g/mol. The molecule has 0 amide bonds. The van der Waals surface area contributed by atoms with Gasteiger partial charge in [-0.15, -0.1) is 0 Å². The molecular formula is C14H11Cl3FN. The van der Waals surface area contributed by atoms with Crippen LogP contribution in [0.3, 0.4) is 0 Å². The highest BCUT2D eigenvalue weighted by Crippen LogP contribution is 2.34. The summed E-state index contributed by atoms with van der Waals surface area (Å²) >= 11 is 17.9. The van der Waals surface area contributed by atoms with Crippen LogP contribution in [-0.4, -0.2) is 7.05 Å².